The first kappa shape index (κ1) is 11.0. The summed E-state index contributed by atoms with van der Waals surface area (Å²) >= 11 is 0. The summed E-state index contributed by atoms with van der Waals surface area (Å²) in [4.78, 5) is 6.87. The third kappa shape index (κ3) is 1.81. The third-order valence-corrected chi connectivity index (χ3v) is 4.60. The van der Waals surface area contributed by atoms with Gasteiger partial charge < -0.3 is 4.90 Å². The van der Waals surface area contributed by atoms with Crippen molar-refractivity contribution in [1.82, 2.24) is 4.90 Å². The van der Waals surface area contributed by atoms with Crippen LogP contribution in [-0.2, 0) is 0 Å². The van der Waals surface area contributed by atoms with Gasteiger partial charge in [0.15, 0.2) is 0 Å². The Bertz CT molecular complexity index is 273. The molecule has 2 aliphatic rings. The van der Waals surface area contributed by atoms with E-state index in [1.807, 2.05) is 7.05 Å². The van der Waals surface area contributed by atoms with E-state index in [4.69, 9.17) is 0 Å². The first-order valence-corrected chi connectivity index (χ1v) is 6.25. The predicted molar refractivity (Wildman–Crippen MR) is 68.4 cm³/mol. The second-order valence-electron chi connectivity index (χ2n) is 5.86. The van der Waals surface area contributed by atoms with E-state index in [-0.39, 0.29) is 0 Å². The van der Waals surface area contributed by atoms with Gasteiger partial charge in [-0.1, -0.05) is 31.5 Å². The van der Waals surface area contributed by atoms with E-state index in [1.165, 1.54) is 37.9 Å². The van der Waals surface area contributed by atoms with E-state index in [9.17, 15) is 0 Å². The summed E-state index contributed by atoms with van der Waals surface area (Å²) in [5, 5.41) is 0.502. The van der Waals surface area contributed by atoms with Gasteiger partial charge in [-0.05, 0) is 12.3 Å². The molecule has 2 rings (SSSR count). The number of rotatable bonds is 0. The lowest BCUT2D eigenvalue weighted by Gasteiger charge is -2.34. The molecule has 15 heavy (non-hydrogen) atoms. The monoisotopic (exact) mass is 206 g/mol. The maximum Gasteiger partial charge on any atom is 0.109 e. The van der Waals surface area contributed by atoms with E-state index >= 15 is 0 Å². The molecule has 1 aliphatic heterocycles. The molecule has 0 aromatic heterocycles. The molecule has 3 heteroatoms. The summed E-state index contributed by atoms with van der Waals surface area (Å²) in [7, 11) is 6.61. The first-order valence-electron chi connectivity index (χ1n) is 6.25. The average Bonchev–Trinajstić information content (AvgIpc) is 2.43. The molecule has 0 amide bonds. The molecule has 0 spiro atoms. The van der Waals surface area contributed by atoms with Crippen LogP contribution < -0.4 is 0 Å². The lowest BCUT2D eigenvalue weighted by atomic mass is 9.58. The van der Waals surface area contributed by atoms with E-state index in [0.29, 0.717) is 5.31 Å². The average molecular weight is 206 g/mol. The summed E-state index contributed by atoms with van der Waals surface area (Å²) in [6.07, 6.45) is 6.76. The Labute approximate surface area is 94.5 Å². The SMILES string of the molecule is BC1(C)CCCCC2C1C/C(=N\C)N2C. The Balaban J connectivity index is 2.26. The fourth-order valence-electron chi connectivity index (χ4n) is 3.50. The molecular formula is C12H23BN2. The van der Waals surface area contributed by atoms with Crippen molar-refractivity contribution in [2.24, 2.45) is 10.9 Å². The maximum absolute atomic E-state index is 4.43. The maximum atomic E-state index is 4.43. The number of hydrogen-bond acceptors (Lipinski definition) is 1. The number of aliphatic imine (C=N–C) groups is 1. The fraction of sp³-hybridized carbons (Fsp3) is 0.917. The molecule has 1 saturated heterocycles. The highest BCUT2D eigenvalue weighted by molar-refractivity contribution is 6.15. The van der Waals surface area contributed by atoms with Crippen molar-refractivity contribution >= 4 is 13.7 Å². The van der Waals surface area contributed by atoms with Crippen LogP contribution in [0.3, 0.4) is 0 Å². The Morgan fingerprint density at radius 3 is 2.87 bits per heavy atom. The quantitative estimate of drug-likeness (QED) is 0.551. The zero-order valence-electron chi connectivity index (χ0n) is 10.6. The van der Waals surface area contributed by atoms with E-state index < -0.39 is 0 Å². The van der Waals surface area contributed by atoms with Crippen LogP contribution >= 0.6 is 0 Å². The second-order valence-corrected chi connectivity index (χ2v) is 5.86. The minimum Gasteiger partial charge on any atom is -0.360 e. The summed E-state index contributed by atoms with van der Waals surface area (Å²) in [5.41, 5.74) is 0. The number of hydrogen-bond donors (Lipinski definition) is 0. The van der Waals surface area contributed by atoms with Crippen LogP contribution in [0.4, 0.5) is 0 Å². The van der Waals surface area contributed by atoms with Crippen molar-refractivity contribution in [2.45, 2.75) is 50.4 Å². The first-order chi connectivity index (χ1) is 7.06. The van der Waals surface area contributed by atoms with E-state index in [2.05, 4.69) is 31.7 Å². The van der Waals surface area contributed by atoms with E-state index in [0.717, 1.165) is 12.0 Å². The molecular weight excluding hydrogens is 183 g/mol. The molecule has 0 N–H and O–H groups in total. The van der Waals surface area contributed by atoms with Crippen LogP contribution in [0, 0.1) is 5.92 Å². The zero-order chi connectivity index (χ0) is 11.1. The minimum absolute atomic E-state index is 0.502. The Hall–Kier alpha value is -0.465. The molecule has 84 valence electrons. The van der Waals surface area contributed by atoms with E-state index in [1.54, 1.807) is 0 Å². The highest BCUT2D eigenvalue weighted by Gasteiger charge is 2.44. The molecule has 1 saturated carbocycles. The smallest absolute Gasteiger partial charge is 0.109 e. The van der Waals surface area contributed by atoms with Crippen molar-refractivity contribution in [2.75, 3.05) is 14.1 Å². The largest absolute Gasteiger partial charge is 0.360 e. The molecule has 3 unspecified atom stereocenters. The van der Waals surface area contributed by atoms with Gasteiger partial charge in [-0.15, -0.1) is 0 Å². The number of fused-ring (bicyclic) bond motifs is 1. The topological polar surface area (TPSA) is 15.6 Å². The van der Waals surface area contributed by atoms with Crippen LogP contribution in [0.25, 0.3) is 0 Å². The minimum atomic E-state index is 0.502. The van der Waals surface area contributed by atoms with Gasteiger partial charge in [0.05, 0.1) is 5.84 Å². The van der Waals surface area contributed by atoms with Crippen LogP contribution in [0.5, 0.6) is 0 Å². The predicted octanol–water partition coefficient (Wildman–Crippen LogP) is 1.72. The molecule has 1 aliphatic carbocycles. The van der Waals surface area contributed by atoms with Crippen molar-refractivity contribution in [3.8, 4) is 0 Å². The Morgan fingerprint density at radius 2 is 2.20 bits per heavy atom. The van der Waals surface area contributed by atoms with Crippen molar-refractivity contribution < 1.29 is 0 Å². The summed E-state index contributed by atoms with van der Waals surface area (Å²) in [6.45, 7) is 2.45. The molecule has 1 heterocycles. The second kappa shape index (κ2) is 3.84. The normalized spacial score (nSPS) is 44.2. The summed E-state index contributed by atoms with van der Waals surface area (Å²) in [6, 6.07) is 0.751. The lowest BCUT2D eigenvalue weighted by molar-refractivity contribution is 0.261. The fourth-order valence-corrected chi connectivity index (χ4v) is 3.50. The summed E-state index contributed by atoms with van der Waals surface area (Å²) < 4.78 is 0. The highest BCUT2D eigenvalue weighted by Crippen LogP contribution is 2.49. The third-order valence-electron chi connectivity index (χ3n) is 4.60. The molecule has 2 nitrogen and oxygen atoms in total. The molecule has 0 bridgehead atoms. The standard InChI is InChI=1S/C12H23BN2/c1-12(13)7-5-4-6-10-9(12)8-11(14-2)15(10)3/h9-10H,4-8,13H2,1-3H3/b14-11+. The van der Waals surface area contributed by atoms with Gasteiger partial charge in [-0.25, -0.2) is 0 Å². The summed E-state index contributed by atoms with van der Waals surface area (Å²) in [5.74, 6) is 2.14. The molecule has 0 radical (unpaired) electrons. The highest BCUT2D eigenvalue weighted by atomic mass is 15.2. The van der Waals surface area contributed by atoms with Crippen LogP contribution in [0.15, 0.2) is 4.99 Å². The Kier molecular flexibility index (Phi) is 2.82. The van der Waals surface area contributed by atoms with Gasteiger partial charge in [-0.3, -0.25) is 4.99 Å². The van der Waals surface area contributed by atoms with Crippen LogP contribution in [-0.4, -0.2) is 38.7 Å². The number of likely N-dealkylation sites (tertiary alicyclic amines) is 1. The van der Waals surface area contributed by atoms with Gasteiger partial charge in [0, 0.05) is 26.6 Å². The van der Waals surface area contributed by atoms with Gasteiger partial charge in [0.1, 0.15) is 7.85 Å². The van der Waals surface area contributed by atoms with Crippen molar-refractivity contribution in [3.63, 3.8) is 0 Å². The van der Waals surface area contributed by atoms with Gasteiger partial charge in [-0.2, -0.15) is 0 Å². The Morgan fingerprint density at radius 1 is 1.47 bits per heavy atom. The van der Waals surface area contributed by atoms with Crippen molar-refractivity contribution in [3.05, 3.63) is 0 Å². The van der Waals surface area contributed by atoms with Crippen LogP contribution in [0.2, 0.25) is 5.31 Å². The lowest BCUT2D eigenvalue weighted by Crippen LogP contribution is -2.34. The van der Waals surface area contributed by atoms with Gasteiger partial charge >= 0.3 is 0 Å². The zero-order valence-corrected chi connectivity index (χ0v) is 10.6. The number of amidine groups is 1. The van der Waals surface area contributed by atoms with Crippen molar-refractivity contribution in [1.29, 1.82) is 0 Å². The number of nitrogens with zero attached hydrogens (tertiary/aromatic N) is 2. The molecule has 0 aromatic carbocycles. The molecule has 2 fully saturated rings. The van der Waals surface area contributed by atoms with Crippen LogP contribution in [0.1, 0.15) is 39.0 Å². The van der Waals surface area contributed by atoms with Gasteiger partial charge in [0.25, 0.3) is 0 Å². The molecule has 3 atom stereocenters. The molecule has 0 aromatic rings. The van der Waals surface area contributed by atoms with Gasteiger partial charge in [0.2, 0.25) is 0 Å².